The van der Waals surface area contributed by atoms with Gasteiger partial charge in [-0.05, 0) is 25.5 Å². The van der Waals surface area contributed by atoms with E-state index in [9.17, 15) is 9.59 Å². The van der Waals surface area contributed by atoms with Crippen LogP contribution < -0.4 is 15.8 Å². The van der Waals surface area contributed by atoms with Gasteiger partial charge in [0.05, 0.1) is 18.8 Å². The van der Waals surface area contributed by atoms with Crippen LogP contribution in [0.4, 0.5) is 5.69 Å². The molecular formula is C14H20N2O4. The molecule has 6 nitrogen and oxygen atoms in total. The third-order valence-electron chi connectivity index (χ3n) is 2.54. The molecule has 0 saturated carbocycles. The Morgan fingerprint density at radius 1 is 1.30 bits per heavy atom. The van der Waals surface area contributed by atoms with Crippen molar-refractivity contribution < 1.29 is 19.1 Å². The largest absolute Gasteiger partial charge is 0.494 e. The second-order valence-electron chi connectivity index (χ2n) is 4.14. The minimum absolute atomic E-state index is 0.0800. The van der Waals surface area contributed by atoms with Crippen molar-refractivity contribution in [3.8, 4) is 5.75 Å². The normalized spacial score (nSPS) is 9.90. The molecule has 0 spiro atoms. The number of nitrogen functional groups attached to an aromatic ring is 1. The van der Waals surface area contributed by atoms with Gasteiger partial charge in [0.25, 0.3) is 0 Å². The van der Waals surface area contributed by atoms with Crippen molar-refractivity contribution in [3.63, 3.8) is 0 Å². The highest BCUT2D eigenvalue weighted by atomic mass is 16.5. The summed E-state index contributed by atoms with van der Waals surface area (Å²) in [6, 6.07) is 4.76. The lowest BCUT2D eigenvalue weighted by Gasteiger charge is -2.08. The summed E-state index contributed by atoms with van der Waals surface area (Å²) in [6.45, 7) is 2.52. The zero-order valence-electron chi connectivity index (χ0n) is 11.8. The van der Waals surface area contributed by atoms with Crippen molar-refractivity contribution in [2.75, 3.05) is 26.0 Å². The predicted molar refractivity (Wildman–Crippen MR) is 75.6 cm³/mol. The Balaban J connectivity index is 2.52. The number of carbonyl (C=O) groups is 2. The van der Waals surface area contributed by atoms with E-state index in [0.29, 0.717) is 36.4 Å². The number of nitrogens with one attached hydrogen (secondary N) is 1. The summed E-state index contributed by atoms with van der Waals surface area (Å²) >= 11 is 0. The van der Waals surface area contributed by atoms with Crippen LogP contribution in [-0.2, 0) is 9.53 Å². The molecule has 0 aliphatic rings. The Bertz CT molecular complexity index is 474. The minimum atomic E-state index is -0.477. The summed E-state index contributed by atoms with van der Waals surface area (Å²) in [7, 11) is 1.57. The van der Waals surface area contributed by atoms with E-state index in [1.54, 1.807) is 19.2 Å². The average Bonchev–Trinajstić information content (AvgIpc) is 2.42. The van der Waals surface area contributed by atoms with E-state index in [2.05, 4.69) is 5.32 Å². The Kier molecular flexibility index (Phi) is 6.36. The van der Waals surface area contributed by atoms with E-state index >= 15 is 0 Å². The molecule has 1 amide bonds. The fourth-order valence-electron chi connectivity index (χ4n) is 1.60. The van der Waals surface area contributed by atoms with Gasteiger partial charge in [0.15, 0.2) is 0 Å². The summed E-state index contributed by atoms with van der Waals surface area (Å²) in [6.07, 6.45) is 0.803. The van der Waals surface area contributed by atoms with Crippen molar-refractivity contribution in [1.82, 2.24) is 5.32 Å². The van der Waals surface area contributed by atoms with Gasteiger partial charge in [-0.2, -0.15) is 0 Å². The molecule has 1 aromatic rings. The fourth-order valence-corrected chi connectivity index (χ4v) is 1.60. The summed E-state index contributed by atoms with van der Waals surface area (Å²) in [5.74, 6) is -0.0244. The average molecular weight is 280 g/mol. The fraction of sp³-hybridized carbons (Fsp3) is 0.429. The standard InChI is InChI=1S/C14H20N2O4/c1-3-19-12-8-10(7-11(15)9-12)14(18)20-6-4-5-13(17)16-2/h7-9H,3-6,15H2,1-2H3,(H,16,17). The SMILES string of the molecule is CCOc1cc(N)cc(C(=O)OCCCC(=O)NC)c1. The molecule has 0 heterocycles. The molecule has 0 bridgehead atoms. The molecule has 0 aliphatic heterocycles. The number of hydrogen-bond acceptors (Lipinski definition) is 5. The first-order valence-electron chi connectivity index (χ1n) is 6.48. The van der Waals surface area contributed by atoms with E-state index < -0.39 is 5.97 Å². The van der Waals surface area contributed by atoms with Crippen molar-refractivity contribution in [3.05, 3.63) is 23.8 Å². The molecule has 0 unspecified atom stereocenters. The summed E-state index contributed by atoms with van der Waals surface area (Å²) in [5, 5.41) is 2.50. The Hall–Kier alpha value is -2.24. The van der Waals surface area contributed by atoms with Crippen LogP contribution in [0.2, 0.25) is 0 Å². The number of esters is 1. The molecule has 1 aromatic carbocycles. The maximum Gasteiger partial charge on any atom is 0.338 e. The summed E-state index contributed by atoms with van der Waals surface area (Å²) in [5.41, 5.74) is 6.48. The molecule has 110 valence electrons. The first-order valence-corrected chi connectivity index (χ1v) is 6.48. The van der Waals surface area contributed by atoms with Gasteiger partial charge in [0.2, 0.25) is 5.91 Å². The van der Waals surface area contributed by atoms with Gasteiger partial charge in [-0.15, -0.1) is 0 Å². The molecule has 20 heavy (non-hydrogen) atoms. The summed E-state index contributed by atoms with van der Waals surface area (Å²) in [4.78, 5) is 22.8. The van der Waals surface area contributed by atoms with Crippen LogP contribution in [0.5, 0.6) is 5.75 Å². The Morgan fingerprint density at radius 3 is 2.70 bits per heavy atom. The van der Waals surface area contributed by atoms with E-state index in [1.165, 1.54) is 6.07 Å². The lowest BCUT2D eigenvalue weighted by atomic mass is 10.2. The lowest BCUT2D eigenvalue weighted by molar-refractivity contribution is -0.120. The first kappa shape index (κ1) is 15.8. The number of ether oxygens (including phenoxy) is 2. The molecule has 0 saturated heterocycles. The topological polar surface area (TPSA) is 90.7 Å². The van der Waals surface area contributed by atoms with Gasteiger partial charge in [-0.3, -0.25) is 4.79 Å². The summed E-state index contributed by atoms with van der Waals surface area (Å²) < 4.78 is 10.4. The quantitative estimate of drug-likeness (QED) is 0.447. The highest BCUT2D eigenvalue weighted by Gasteiger charge is 2.10. The number of anilines is 1. The lowest BCUT2D eigenvalue weighted by Crippen LogP contribution is -2.18. The van der Waals surface area contributed by atoms with E-state index in [1.807, 2.05) is 6.92 Å². The molecule has 1 rings (SSSR count). The third kappa shape index (κ3) is 5.17. The molecule has 3 N–H and O–H groups in total. The van der Waals surface area contributed by atoms with E-state index in [-0.39, 0.29) is 12.5 Å². The van der Waals surface area contributed by atoms with E-state index in [4.69, 9.17) is 15.2 Å². The van der Waals surface area contributed by atoms with Crippen molar-refractivity contribution in [2.45, 2.75) is 19.8 Å². The zero-order valence-corrected chi connectivity index (χ0v) is 11.8. The maximum atomic E-state index is 11.8. The van der Waals surface area contributed by atoms with Crippen LogP contribution >= 0.6 is 0 Å². The van der Waals surface area contributed by atoms with Crippen molar-refractivity contribution >= 4 is 17.6 Å². The van der Waals surface area contributed by atoms with Crippen molar-refractivity contribution in [2.24, 2.45) is 0 Å². The smallest absolute Gasteiger partial charge is 0.338 e. The molecule has 6 heteroatoms. The Morgan fingerprint density at radius 2 is 2.05 bits per heavy atom. The third-order valence-corrected chi connectivity index (χ3v) is 2.54. The molecule has 0 aromatic heterocycles. The first-order chi connectivity index (χ1) is 9.56. The highest BCUT2D eigenvalue weighted by molar-refractivity contribution is 5.91. The van der Waals surface area contributed by atoms with Crippen LogP contribution in [0, 0.1) is 0 Å². The van der Waals surface area contributed by atoms with Gasteiger partial charge >= 0.3 is 5.97 Å². The van der Waals surface area contributed by atoms with Crippen LogP contribution in [0.1, 0.15) is 30.1 Å². The van der Waals surface area contributed by atoms with Crippen LogP contribution in [0.15, 0.2) is 18.2 Å². The molecule has 0 radical (unpaired) electrons. The number of nitrogens with two attached hydrogens (primary N) is 1. The minimum Gasteiger partial charge on any atom is -0.494 e. The van der Waals surface area contributed by atoms with E-state index in [0.717, 1.165) is 0 Å². The van der Waals surface area contributed by atoms with Gasteiger partial charge in [0, 0.05) is 25.2 Å². The van der Waals surface area contributed by atoms with Crippen LogP contribution in [0.25, 0.3) is 0 Å². The maximum absolute atomic E-state index is 11.8. The molecule has 0 fully saturated rings. The van der Waals surface area contributed by atoms with Gasteiger partial charge < -0.3 is 20.5 Å². The highest BCUT2D eigenvalue weighted by Crippen LogP contribution is 2.19. The van der Waals surface area contributed by atoms with Gasteiger partial charge in [-0.25, -0.2) is 4.79 Å². The monoisotopic (exact) mass is 280 g/mol. The van der Waals surface area contributed by atoms with Gasteiger partial charge in [-0.1, -0.05) is 0 Å². The predicted octanol–water partition coefficient (Wildman–Crippen LogP) is 1.35. The second-order valence-corrected chi connectivity index (χ2v) is 4.14. The number of carbonyl (C=O) groups excluding carboxylic acids is 2. The number of rotatable bonds is 7. The number of amides is 1. The van der Waals surface area contributed by atoms with Crippen molar-refractivity contribution in [1.29, 1.82) is 0 Å². The van der Waals surface area contributed by atoms with Gasteiger partial charge in [0.1, 0.15) is 5.75 Å². The second kappa shape index (κ2) is 8.04. The molecular weight excluding hydrogens is 260 g/mol. The number of hydrogen-bond donors (Lipinski definition) is 2. The Labute approximate surface area is 118 Å². The van der Waals surface area contributed by atoms with Crippen LogP contribution in [0.3, 0.4) is 0 Å². The molecule has 0 atom stereocenters. The zero-order chi connectivity index (χ0) is 15.0. The molecule has 0 aliphatic carbocycles. The number of benzene rings is 1. The van der Waals surface area contributed by atoms with Crippen LogP contribution in [-0.4, -0.2) is 32.1 Å².